The van der Waals surface area contributed by atoms with Gasteiger partial charge in [-0.2, -0.15) is 8.42 Å². The van der Waals surface area contributed by atoms with Gasteiger partial charge < -0.3 is 21.7 Å². The number of carbonyl (C=O) groups is 1. The van der Waals surface area contributed by atoms with Gasteiger partial charge in [-0.05, 0) is 49.6 Å². The molecule has 1 saturated heterocycles. The molecule has 4 rings (SSSR count). The summed E-state index contributed by atoms with van der Waals surface area (Å²) in [6.45, 7) is 0.449. The summed E-state index contributed by atoms with van der Waals surface area (Å²) in [6, 6.07) is 14.2. The first-order valence-electron chi connectivity index (χ1n) is 12.0. The van der Waals surface area contributed by atoms with Crippen molar-refractivity contribution in [2.24, 2.45) is 0 Å². The number of nitrogen functional groups attached to an aromatic ring is 2. The van der Waals surface area contributed by atoms with Crippen LogP contribution >= 0.6 is 0 Å². The monoisotopic (exact) mass is 483 g/mol. The average molecular weight is 484 g/mol. The molecule has 2 fully saturated rings. The number of hydrogen-bond donors (Lipinski definition) is 3. The molecule has 0 aromatic heterocycles. The Morgan fingerprint density at radius 2 is 1.71 bits per heavy atom. The molecule has 1 aliphatic heterocycles. The van der Waals surface area contributed by atoms with Gasteiger partial charge in [-0.25, -0.2) is 4.79 Å². The van der Waals surface area contributed by atoms with Crippen molar-refractivity contribution in [2.75, 3.05) is 27.8 Å². The lowest BCUT2D eigenvalue weighted by Crippen LogP contribution is -2.53. The minimum atomic E-state index is -2.43. The fourth-order valence-corrected chi connectivity index (χ4v) is 5.74. The number of urea groups is 1. The number of amides is 2. The molecular formula is C25H33N5O3S. The van der Waals surface area contributed by atoms with E-state index in [2.05, 4.69) is 5.32 Å². The third-order valence-corrected chi connectivity index (χ3v) is 7.50. The van der Waals surface area contributed by atoms with E-state index in [0.717, 1.165) is 31.4 Å². The quantitative estimate of drug-likeness (QED) is 0.346. The zero-order valence-electron chi connectivity index (χ0n) is 19.3. The van der Waals surface area contributed by atoms with Gasteiger partial charge in [-0.3, -0.25) is 4.90 Å². The second-order valence-electron chi connectivity index (χ2n) is 9.09. The number of anilines is 4. The zero-order chi connectivity index (χ0) is 24.1. The lowest BCUT2D eigenvalue weighted by atomic mass is 10.0. The maximum Gasteiger partial charge on any atom is 0.322 e. The number of carbonyl (C=O) groups excluding carboxylic acids is 1. The highest BCUT2D eigenvalue weighted by Gasteiger charge is 2.32. The van der Waals surface area contributed by atoms with Crippen LogP contribution in [0, 0.1) is 0 Å². The lowest BCUT2D eigenvalue weighted by Gasteiger charge is -2.37. The highest BCUT2D eigenvalue weighted by molar-refractivity contribution is 7.73. The van der Waals surface area contributed by atoms with Crippen molar-refractivity contribution < 1.29 is 13.2 Å². The van der Waals surface area contributed by atoms with Crippen LogP contribution in [0.15, 0.2) is 48.5 Å². The summed E-state index contributed by atoms with van der Waals surface area (Å²) in [5, 5.41) is 3.12. The molecule has 34 heavy (non-hydrogen) atoms. The molecule has 1 saturated carbocycles. The molecule has 2 aromatic rings. The van der Waals surface area contributed by atoms with E-state index in [4.69, 9.17) is 11.5 Å². The van der Waals surface area contributed by atoms with Crippen molar-refractivity contribution in [2.45, 2.75) is 63.5 Å². The smallest absolute Gasteiger partial charge is 0.322 e. The number of nitrogens with two attached hydrogens (primary N) is 2. The van der Waals surface area contributed by atoms with Crippen LogP contribution < -0.4 is 26.6 Å². The van der Waals surface area contributed by atoms with Crippen molar-refractivity contribution in [1.29, 1.82) is 0 Å². The first-order valence-corrected chi connectivity index (χ1v) is 13.0. The Balaban J connectivity index is 1.55. The Hall–Kier alpha value is -3.20. The van der Waals surface area contributed by atoms with E-state index in [9.17, 15) is 13.2 Å². The molecule has 2 aromatic carbocycles. The van der Waals surface area contributed by atoms with E-state index in [1.807, 2.05) is 47.4 Å². The van der Waals surface area contributed by atoms with E-state index in [0.29, 0.717) is 30.0 Å². The molecule has 0 bridgehead atoms. The van der Waals surface area contributed by atoms with E-state index in [-0.39, 0.29) is 29.5 Å². The maximum absolute atomic E-state index is 13.6. The minimum Gasteiger partial charge on any atom is -0.399 e. The number of rotatable bonds is 4. The van der Waals surface area contributed by atoms with Gasteiger partial charge >= 0.3 is 6.03 Å². The molecule has 1 unspecified atom stereocenters. The molecule has 2 aliphatic rings. The second-order valence-corrected chi connectivity index (χ2v) is 10.0. The van der Waals surface area contributed by atoms with Crippen LogP contribution in [0.3, 0.4) is 0 Å². The maximum atomic E-state index is 13.6. The normalized spacial score (nSPS) is 19.4. The second kappa shape index (κ2) is 10.8. The molecule has 182 valence electrons. The fraction of sp³-hybridized carbons (Fsp3) is 0.440. The molecule has 1 heterocycles. The first-order chi connectivity index (χ1) is 16.4. The first kappa shape index (κ1) is 23.9. The molecule has 9 heteroatoms. The van der Waals surface area contributed by atoms with Gasteiger partial charge in [-0.1, -0.05) is 43.9 Å². The predicted molar refractivity (Wildman–Crippen MR) is 139 cm³/mol. The Kier molecular flexibility index (Phi) is 7.62. The van der Waals surface area contributed by atoms with Crippen molar-refractivity contribution in [3.8, 4) is 0 Å². The summed E-state index contributed by atoms with van der Waals surface area (Å²) in [5.74, 6) is 0. The number of nitrogens with one attached hydrogen (secondary N) is 1. The fourth-order valence-electron chi connectivity index (χ4n) is 5.03. The van der Waals surface area contributed by atoms with Gasteiger partial charge in [0.1, 0.15) is 4.99 Å². The topological polar surface area (TPSA) is 122 Å². The number of hydrogen-bond acceptors (Lipinski definition) is 5. The highest BCUT2D eigenvalue weighted by Crippen LogP contribution is 2.30. The summed E-state index contributed by atoms with van der Waals surface area (Å²) in [6.07, 6.45) is 7.23. The number of piperidine rings is 1. The van der Waals surface area contributed by atoms with Crippen molar-refractivity contribution >= 4 is 44.1 Å². The molecule has 1 aliphatic carbocycles. The van der Waals surface area contributed by atoms with E-state index >= 15 is 0 Å². The zero-order valence-corrected chi connectivity index (χ0v) is 20.1. The van der Waals surface area contributed by atoms with Crippen molar-refractivity contribution in [1.82, 2.24) is 5.32 Å². The van der Waals surface area contributed by atoms with Crippen LogP contribution in [0.2, 0.25) is 0 Å². The van der Waals surface area contributed by atoms with Gasteiger partial charge in [0.25, 0.3) is 0 Å². The SMILES string of the molecule is Nc1cccc(N(C(=O)NC2CCN(c3ccccc3N)C(=S(=O)=O)C2)C2CCCCCC2)c1. The van der Waals surface area contributed by atoms with Crippen molar-refractivity contribution in [3.63, 3.8) is 0 Å². The third-order valence-electron chi connectivity index (χ3n) is 6.73. The number of benzene rings is 2. The average Bonchev–Trinajstić information content (AvgIpc) is 3.09. The van der Waals surface area contributed by atoms with Gasteiger partial charge in [0.15, 0.2) is 0 Å². The molecule has 5 N–H and O–H groups in total. The summed E-state index contributed by atoms with van der Waals surface area (Å²) in [5.41, 5.74) is 14.7. The number of nitrogens with zero attached hydrogens (tertiary/aromatic N) is 2. The van der Waals surface area contributed by atoms with E-state index in [1.165, 1.54) is 12.8 Å². The van der Waals surface area contributed by atoms with Crippen LogP contribution in [0.25, 0.3) is 0 Å². The summed E-state index contributed by atoms with van der Waals surface area (Å²) >= 11 is 0. The van der Waals surface area contributed by atoms with E-state index in [1.54, 1.807) is 11.0 Å². The summed E-state index contributed by atoms with van der Waals surface area (Å²) < 4.78 is 24.2. The van der Waals surface area contributed by atoms with Crippen LogP contribution in [0.1, 0.15) is 51.4 Å². The van der Waals surface area contributed by atoms with Gasteiger partial charge in [0, 0.05) is 36.4 Å². The summed E-state index contributed by atoms with van der Waals surface area (Å²) in [4.78, 5) is 17.4. The molecule has 2 amide bonds. The van der Waals surface area contributed by atoms with Crippen LogP contribution in [-0.4, -0.2) is 38.1 Å². The van der Waals surface area contributed by atoms with Crippen LogP contribution in [0.4, 0.5) is 27.5 Å². The molecule has 0 spiro atoms. The largest absolute Gasteiger partial charge is 0.399 e. The predicted octanol–water partition coefficient (Wildman–Crippen LogP) is 3.77. The molecular weight excluding hydrogens is 450 g/mol. The molecule has 1 atom stereocenters. The third kappa shape index (κ3) is 5.47. The van der Waals surface area contributed by atoms with Crippen LogP contribution in [-0.2, 0) is 10.3 Å². The molecule has 8 nitrogen and oxygen atoms in total. The van der Waals surface area contributed by atoms with E-state index < -0.39 is 10.3 Å². The minimum absolute atomic E-state index is 0.0885. The Morgan fingerprint density at radius 3 is 2.38 bits per heavy atom. The summed E-state index contributed by atoms with van der Waals surface area (Å²) in [7, 11) is -2.43. The Bertz CT molecular complexity index is 1150. The standard InChI is InChI=1S/C25H33N5O3S/c26-18-8-7-11-21(16-18)30(20-9-3-1-2-4-10-20)25(31)28-19-14-15-29(24(17-19)34(32)33)23-13-6-5-12-22(23)27/h5-8,11-13,16,19-20H,1-4,9-10,14-15,17,26-27H2,(H,28,31). The Morgan fingerprint density at radius 1 is 0.971 bits per heavy atom. The van der Waals surface area contributed by atoms with Crippen molar-refractivity contribution in [3.05, 3.63) is 48.5 Å². The molecule has 0 radical (unpaired) electrons. The highest BCUT2D eigenvalue weighted by atomic mass is 32.2. The van der Waals surface area contributed by atoms with Gasteiger partial charge in [0.2, 0.25) is 10.3 Å². The van der Waals surface area contributed by atoms with Gasteiger partial charge in [-0.15, -0.1) is 0 Å². The van der Waals surface area contributed by atoms with Gasteiger partial charge in [0.05, 0.1) is 11.4 Å². The number of para-hydroxylation sites is 2. The lowest BCUT2D eigenvalue weighted by molar-refractivity contribution is 0.238. The Labute approximate surface area is 202 Å². The van der Waals surface area contributed by atoms with Crippen LogP contribution in [0.5, 0.6) is 0 Å².